The van der Waals surface area contributed by atoms with E-state index in [2.05, 4.69) is 34.8 Å². The first-order valence-corrected chi connectivity index (χ1v) is 1.99. The third kappa shape index (κ3) is 3.92. The fraction of sp³-hybridized carbons (Fsp3) is 0. The molecule has 0 aliphatic heterocycles. The Morgan fingerprint density at radius 1 is 1.80 bits per heavy atom. The summed E-state index contributed by atoms with van der Waals surface area (Å²) in [6.07, 6.45) is 1.55. The molecule has 0 bridgehead atoms. The van der Waals surface area contributed by atoms with E-state index in [4.69, 9.17) is 0 Å². The summed E-state index contributed by atoms with van der Waals surface area (Å²) in [7, 11) is 0. The van der Waals surface area contributed by atoms with Crippen LogP contribution in [0.25, 0.3) is 0 Å². The Kier molecular flexibility index (Phi) is 3.86. The number of allylic oxidation sites excluding steroid dienone is 1. The SMILES string of the molecule is [CH2-]C=C=[C]=[Ru+]. The van der Waals surface area contributed by atoms with Crippen LogP contribution in [0.1, 0.15) is 0 Å². The van der Waals surface area contributed by atoms with Crippen molar-refractivity contribution >= 4 is 4.26 Å². The predicted molar refractivity (Wildman–Crippen MR) is 18.4 cm³/mol. The van der Waals surface area contributed by atoms with Crippen LogP contribution in [0.15, 0.2) is 11.8 Å². The van der Waals surface area contributed by atoms with E-state index < -0.39 is 0 Å². The maximum atomic E-state index is 3.37. The number of hydrogen-bond acceptors (Lipinski definition) is 0. The van der Waals surface area contributed by atoms with Crippen molar-refractivity contribution in [3.8, 4) is 0 Å². The van der Waals surface area contributed by atoms with E-state index in [0.717, 1.165) is 0 Å². The molecular formula is C4H3Ru. The van der Waals surface area contributed by atoms with Gasteiger partial charge in [-0.1, -0.05) is 0 Å². The molecule has 0 saturated carbocycles. The molecule has 0 saturated heterocycles. The zero-order chi connectivity index (χ0) is 4.12. The van der Waals surface area contributed by atoms with Gasteiger partial charge in [-0.15, -0.1) is 0 Å². The molecule has 0 amide bonds. The van der Waals surface area contributed by atoms with Crippen LogP contribution < -0.4 is 0 Å². The van der Waals surface area contributed by atoms with Gasteiger partial charge in [-0.25, -0.2) is 0 Å². The second kappa shape index (κ2) is 3.92. The van der Waals surface area contributed by atoms with Crippen molar-refractivity contribution in [1.29, 1.82) is 0 Å². The molecule has 0 aromatic rings. The van der Waals surface area contributed by atoms with Crippen LogP contribution in [0.4, 0.5) is 0 Å². The average Bonchev–Trinajstić information content (AvgIpc) is 1.41. The van der Waals surface area contributed by atoms with Gasteiger partial charge in [0.2, 0.25) is 0 Å². The van der Waals surface area contributed by atoms with Crippen LogP contribution in [-0.4, -0.2) is 4.26 Å². The quantitative estimate of drug-likeness (QED) is 0.269. The van der Waals surface area contributed by atoms with Gasteiger partial charge in [-0.2, -0.15) is 0 Å². The molecule has 0 radical (unpaired) electrons. The molecule has 0 fully saturated rings. The van der Waals surface area contributed by atoms with E-state index in [1.165, 1.54) is 0 Å². The molecule has 0 N–H and O–H groups in total. The van der Waals surface area contributed by atoms with Crippen LogP contribution in [-0.2, 0) is 17.9 Å². The van der Waals surface area contributed by atoms with E-state index >= 15 is 0 Å². The normalized spacial score (nSPS) is 4.00. The number of rotatable bonds is 0. The molecule has 0 aromatic carbocycles. The molecule has 5 heavy (non-hydrogen) atoms. The topological polar surface area (TPSA) is 0 Å². The molecule has 0 aliphatic rings. The Morgan fingerprint density at radius 2 is 2.40 bits per heavy atom. The van der Waals surface area contributed by atoms with Crippen molar-refractivity contribution in [1.82, 2.24) is 0 Å². The van der Waals surface area contributed by atoms with E-state index in [1.807, 2.05) is 0 Å². The molecule has 0 atom stereocenters. The van der Waals surface area contributed by atoms with Crippen molar-refractivity contribution in [2.45, 2.75) is 0 Å². The molecule has 0 rings (SSSR count). The van der Waals surface area contributed by atoms with Crippen molar-refractivity contribution in [2.75, 3.05) is 0 Å². The van der Waals surface area contributed by atoms with Gasteiger partial charge >= 0.3 is 40.8 Å². The van der Waals surface area contributed by atoms with Gasteiger partial charge in [-0.05, 0) is 0 Å². The van der Waals surface area contributed by atoms with Gasteiger partial charge in [0, 0.05) is 0 Å². The first-order chi connectivity index (χ1) is 2.41. The minimum atomic E-state index is 1.55. The predicted octanol–water partition coefficient (Wildman–Crippen LogP) is 0.480. The summed E-state index contributed by atoms with van der Waals surface area (Å²) in [6.45, 7) is 3.37. The minimum absolute atomic E-state index is 1.55. The van der Waals surface area contributed by atoms with Gasteiger partial charge in [0.25, 0.3) is 0 Å². The van der Waals surface area contributed by atoms with Crippen LogP contribution in [0.5, 0.6) is 0 Å². The van der Waals surface area contributed by atoms with Gasteiger partial charge in [-0.3, -0.25) is 0 Å². The third-order valence-electron chi connectivity index (χ3n) is 0.153. The zero-order valence-corrected chi connectivity index (χ0v) is 4.38. The summed E-state index contributed by atoms with van der Waals surface area (Å²) in [5.74, 6) is 0. The summed E-state index contributed by atoms with van der Waals surface area (Å²) in [6, 6.07) is 0. The molecular weight excluding hydrogens is 149 g/mol. The van der Waals surface area contributed by atoms with Crippen molar-refractivity contribution < 1.29 is 17.9 Å². The van der Waals surface area contributed by atoms with Crippen molar-refractivity contribution in [3.05, 3.63) is 18.7 Å². The van der Waals surface area contributed by atoms with Gasteiger partial charge in [0.15, 0.2) is 0 Å². The Hall–Kier alpha value is -0.0766. The van der Waals surface area contributed by atoms with Gasteiger partial charge in [0.05, 0.1) is 0 Å². The fourth-order valence-corrected chi connectivity index (χ4v) is 0.213. The summed E-state index contributed by atoms with van der Waals surface area (Å²) >= 11 is 2.19. The molecule has 0 spiro atoms. The molecule has 0 unspecified atom stereocenters. The first kappa shape index (κ1) is 4.92. The monoisotopic (exact) mass is 153 g/mol. The molecule has 0 nitrogen and oxygen atoms in total. The first-order valence-electron chi connectivity index (χ1n) is 1.12. The van der Waals surface area contributed by atoms with Crippen LogP contribution in [0.2, 0.25) is 0 Å². The Bertz CT molecular complexity index is 81.8. The number of hydrogen-bond donors (Lipinski definition) is 0. The molecule has 27 valence electrons. The standard InChI is InChI=1S/C4H3.Ru/c1-3-4-2;/h3H,1H2;/q-1;+1. The van der Waals surface area contributed by atoms with E-state index in [0.29, 0.717) is 0 Å². The Balaban J connectivity index is 3.75. The molecule has 1 heteroatoms. The van der Waals surface area contributed by atoms with Gasteiger partial charge < -0.3 is 0 Å². The van der Waals surface area contributed by atoms with E-state index in [-0.39, 0.29) is 0 Å². The van der Waals surface area contributed by atoms with Crippen LogP contribution in [0.3, 0.4) is 0 Å². The van der Waals surface area contributed by atoms with E-state index in [9.17, 15) is 0 Å². The Morgan fingerprint density at radius 3 is 2.40 bits per heavy atom. The third-order valence-corrected chi connectivity index (χ3v) is 0.404. The van der Waals surface area contributed by atoms with Crippen LogP contribution in [0, 0.1) is 6.92 Å². The van der Waals surface area contributed by atoms with E-state index in [1.54, 1.807) is 6.08 Å². The van der Waals surface area contributed by atoms with Crippen molar-refractivity contribution in [3.63, 3.8) is 0 Å². The Labute approximate surface area is 41.4 Å². The molecule has 0 aliphatic carbocycles. The fourth-order valence-electron chi connectivity index (χ4n) is 0.0361. The molecule has 0 heterocycles. The second-order valence-corrected chi connectivity index (χ2v) is 0.871. The average molecular weight is 152 g/mol. The summed E-state index contributed by atoms with van der Waals surface area (Å²) in [5, 5.41) is 0. The second-order valence-electron chi connectivity index (χ2n) is 0.437. The van der Waals surface area contributed by atoms with Gasteiger partial charge in [0.1, 0.15) is 0 Å². The van der Waals surface area contributed by atoms with Crippen LogP contribution >= 0.6 is 0 Å². The van der Waals surface area contributed by atoms with Crippen molar-refractivity contribution in [2.24, 2.45) is 0 Å². The molecule has 0 aromatic heterocycles. The summed E-state index contributed by atoms with van der Waals surface area (Å²) in [4.78, 5) is 0. The summed E-state index contributed by atoms with van der Waals surface area (Å²) in [5.41, 5.74) is 2.59. The maximum absolute atomic E-state index is 3.37. The zero-order valence-electron chi connectivity index (χ0n) is 2.64. The summed E-state index contributed by atoms with van der Waals surface area (Å²) < 4.78 is 2.58.